The van der Waals surface area contributed by atoms with Crippen LogP contribution in [0.15, 0.2) is 40.9 Å². The number of aromatic hydroxyl groups is 1. The van der Waals surface area contributed by atoms with Gasteiger partial charge in [-0.2, -0.15) is 0 Å². The van der Waals surface area contributed by atoms with Gasteiger partial charge in [-0.05, 0) is 37.3 Å². The maximum Gasteiger partial charge on any atom is 0.209 e. The number of phenols is 1. The monoisotopic (exact) mass is 370 g/mol. The van der Waals surface area contributed by atoms with Gasteiger partial charge in [0.25, 0.3) is 0 Å². The number of Topliss-reactive ketones (excluding diaryl/α,β-unsaturated/α-hetero) is 3. The Morgan fingerprint density at radius 1 is 1.15 bits per heavy atom. The first-order chi connectivity index (χ1) is 12.7. The van der Waals surface area contributed by atoms with Gasteiger partial charge in [0.2, 0.25) is 5.78 Å². The summed E-state index contributed by atoms with van der Waals surface area (Å²) in [6.07, 6.45) is 0.378. The number of hydrogen-bond donors (Lipinski definition) is 4. The highest BCUT2D eigenvalue weighted by atomic mass is 16.3. The second kappa shape index (κ2) is 5.53. The molecule has 0 amide bonds. The van der Waals surface area contributed by atoms with Gasteiger partial charge >= 0.3 is 0 Å². The number of carbonyl (C=O) groups is 3. The molecule has 7 nitrogen and oxygen atoms in total. The number of aliphatic hydroxyl groups excluding tert-OH is 2. The van der Waals surface area contributed by atoms with Gasteiger partial charge in [-0.15, -0.1) is 0 Å². The molecule has 3 aliphatic carbocycles. The molecule has 1 aromatic rings. The standard InChI is InChI=1S/C20H18O7/c1-8(21)14-13(23)7-11-6-10-5-9-3-2-4-12(22)15(9)17(24)16(10)19(26)20(11,27)18(14)25/h2-4,10-11,22-23,26-27H,5-7H2,1H3/t10-,11-,20+/m0/s1. The van der Waals surface area contributed by atoms with Crippen molar-refractivity contribution in [2.45, 2.75) is 31.8 Å². The van der Waals surface area contributed by atoms with E-state index in [2.05, 4.69) is 0 Å². The van der Waals surface area contributed by atoms with E-state index in [-0.39, 0.29) is 29.7 Å². The molecule has 1 aromatic carbocycles. The molecule has 27 heavy (non-hydrogen) atoms. The van der Waals surface area contributed by atoms with Crippen molar-refractivity contribution in [1.29, 1.82) is 0 Å². The van der Waals surface area contributed by atoms with E-state index in [0.717, 1.165) is 6.92 Å². The maximum absolute atomic E-state index is 13.0. The number of hydrogen-bond acceptors (Lipinski definition) is 7. The number of allylic oxidation sites excluding steroid dienone is 2. The zero-order chi connectivity index (χ0) is 19.7. The van der Waals surface area contributed by atoms with Crippen molar-refractivity contribution < 1.29 is 34.8 Å². The van der Waals surface area contributed by atoms with E-state index in [4.69, 9.17) is 0 Å². The predicted octanol–water partition coefficient (Wildman–Crippen LogP) is 1.68. The van der Waals surface area contributed by atoms with Gasteiger partial charge in [-0.25, -0.2) is 0 Å². The number of phenolic OH excluding ortho intramolecular Hbond substituents is 1. The van der Waals surface area contributed by atoms with Gasteiger partial charge in [-0.1, -0.05) is 12.1 Å². The Balaban J connectivity index is 1.91. The van der Waals surface area contributed by atoms with Gasteiger partial charge in [0.15, 0.2) is 17.2 Å². The first kappa shape index (κ1) is 17.5. The largest absolute Gasteiger partial charge is 0.511 e. The van der Waals surface area contributed by atoms with Crippen LogP contribution in [0.3, 0.4) is 0 Å². The summed E-state index contributed by atoms with van der Waals surface area (Å²) in [5, 5.41) is 42.0. The second-order valence-corrected chi connectivity index (χ2v) is 7.41. The molecule has 0 saturated heterocycles. The maximum atomic E-state index is 13.0. The summed E-state index contributed by atoms with van der Waals surface area (Å²) >= 11 is 0. The quantitative estimate of drug-likeness (QED) is 0.553. The summed E-state index contributed by atoms with van der Waals surface area (Å²) in [6, 6.07) is 4.68. The molecule has 0 bridgehead atoms. The fourth-order valence-corrected chi connectivity index (χ4v) is 4.67. The number of ketones is 3. The van der Waals surface area contributed by atoms with Gasteiger partial charge in [-0.3, -0.25) is 14.4 Å². The molecular formula is C20H18O7. The smallest absolute Gasteiger partial charge is 0.209 e. The number of fused-ring (bicyclic) bond motifs is 3. The normalized spacial score (nSPS) is 30.0. The van der Waals surface area contributed by atoms with Crippen molar-refractivity contribution in [2.75, 3.05) is 0 Å². The van der Waals surface area contributed by atoms with Crippen molar-refractivity contribution >= 4 is 17.3 Å². The van der Waals surface area contributed by atoms with E-state index in [9.17, 15) is 34.8 Å². The van der Waals surface area contributed by atoms with E-state index in [1.165, 1.54) is 6.07 Å². The Morgan fingerprint density at radius 3 is 2.52 bits per heavy atom. The lowest BCUT2D eigenvalue weighted by Crippen LogP contribution is -2.56. The van der Waals surface area contributed by atoms with E-state index in [1.807, 2.05) is 0 Å². The van der Waals surface area contributed by atoms with Crippen LogP contribution in [0.1, 0.15) is 35.7 Å². The molecule has 0 saturated carbocycles. The Kier molecular flexibility index (Phi) is 3.58. The third kappa shape index (κ3) is 2.15. The highest BCUT2D eigenvalue weighted by molar-refractivity contribution is 6.24. The van der Waals surface area contributed by atoms with Gasteiger partial charge in [0.1, 0.15) is 22.8 Å². The highest BCUT2D eigenvalue weighted by Crippen LogP contribution is 2.51. The number of aliphatic hydroxyl groups is 3. The molecule has 0 fully saturated rings. The minimum Gasteiger partial charge on any atom is -0.511 e. The van der Waals surface area contributed by atoms with Crippen molar-refractivity contribution in [3.63, 3.8) is 0 Å². The van der Waals surface area contributed by atoms with Gasteiger partial charge < -0.3 is 20.4 Å². The second-order valence-electron chi connectivity index (χ2n) is 7.41. The molecular weight excluding hydrogens is 352 g/mol. The summed E-state index contributed by atoms with van der Waals surface area (Å²) in [5.74, 6) is -5.19. The lowest BCUT2D eigenvalue weighted by atomic mass is 9.60. The third-order valence-electron chi connectivity index (χ3n) is 5.90. The Bertz CT molecular complexity index is 984. The minimum atomic E-state index is -2.43. The Labute approximate surface area is 154 Å². The van der Waals surface area contributed by atoms with Crippen molar-refractivity contribution in [1.82, 2.24) is 0 Å². The van der Waals surface area contributed by atoms with E-state index < -0.39 is 51.9 Å². The molecule has 3 aliphatic rings. The number of benzene rings is 1. The average molecular weight is 370 g/mol. The zero-order valence-electron chi connectivity index (χ0n) is 14.5. The highest BCUT2D eigenvalue weighted by Gasteiger charge is 2.59. The molecule has 3 atom stereocenters. The molecule has 7 heteroatoms. The lowest BCUT2D eigenvalue weighted by Gasteiger charge is -2.45. The summed E-state index contributed by atoms with van der Waals surface area (Å²) in [6.45, 7) is 1.09. The first-order valence-electron chi connectivity index (χ1n) is 8.67. The van der Waals surface area contributed by atoms with Crippen LogP contribution in [0.2, 0.25) is 0 Å². The molecule has 140 valence electrons. The average Bonchev–Trinajstić information content (AvgIpc) is 2.57. The minimum absolute atomic E-state index is 0.0470. The molecule has 0 spiro atoms. The SMILES string of the molecule is CC(=O)C1=C(O)C[C@@H]2C[C@@H]3Cc4cccc(O)c4C(=O)C3=C(O)[C@]2(O)C1=O. The lowest BCUT2D eigenvalue weighted by molar-refractivity contribution is -0.144. The van der Waals surface area contributed by atoms with Gasteiger partial charge in [0, 0.05) is 17.9 Å². The van der Waals surface area contributed by atoms with Crippen LogP contribution in [0.5, 0.6) is 5.75 Å². The number of carbonyl (C=O) groups excluding carboxylic acids is 3. The fourth-order valence-electron chi connectivity index (χ4n) is 4.67. The van der Waals surface area contributed by atoms with Crippen LogP contribution in [-0.4, -0.2) is 43.4 Å². The Morgan fingerprint density at radius 2 is 1.85 bits per heavy atom. The van der Waals surface area contributed by atoms with Crippen molar-refractivity contribution in [3.05, 3.63) is 52.0 Å². The van der Waals surface area contributed by atoms with Crippen LogP contribution in [-0.2, 0) is 16.0 Å². The van der Waals surface area contributed by atoms with Crippen LogP contribution in [0.4, 0.5) is 0 Å². The fraction of sp³-hybridized carbons (Fsp3) is 0.350. The molecule has 0 unspecified atom stereocenters. The van der Waals surface area contributed by atoms with Gasteiger partial charge in [0.05, 0.1) is 5.56 Å². The topological polar surface area (TPSA) is 132 Å². The Hall–Kier alpha value is -2.93. The number of rotatable bonds is 1. The molecule has 0 heterocycles. The van der Waals surface area contributed by atoms with Crippen LogP contribution >= 0.6 is 0 Å². The molecule has 4 N–H and O–H groups in total. The molecule has 0 aliphatic heterocycles. The van der Waals surface area contributed by atoms with Crippen LogP contribution in [0, 0.1) is 11.8 Å². The molecule has 4 rings (SSSR count). The van der Waals surface area contributed by atoms with Crippen LogP contribution in [0.25, 0.3) is 0 Å². The zero-order valence-corrected chi connectivity index (χ0v) is 14.5. The predicted molar refractivity (Wildman–Crippen MR) is 92.3 cm³/mol. The van der Waals surface area contributed by atoms with Crippen molar-refractivity contribution in [3.8, 4) is 5.75 Å². The van der Waals surface area contributed by atoms with E-state index in [0.29, 0.717) is 12.0 Å². The summed E-state index contributed by atoms with van der Waals surface area (Å²) in [7, 11) is 0. The van der Waals surface area contributed by atoms with E-state index >= 15 is 0 Å². The molecule has 0 radical (unpaired) electrons. The van der Waals surface area contributed by atoms with Crippen molar-refractivity contribution in [2.24, 2.45) is 11.8 Å². The summed E-state index contributed by atoms with van der Waals surface area (Å²) in [4.78, 5) is 37.5. The third-order valence-corrected chi connectivity index (χ3v) is 5.90. The summed E-state index contributed by atoms with van der Waals surface area (Å²) < 4.78 is 0. The first-order valence-corrected chi connectivity index (χ1v) is 8.67. The van der Waals surface area contributed by atoms with Crippen LogP contribution < -0.4 is 0 Å². The molecule has 0 aromatic heterocycles. The summed E-state index contributed by atoms with van der Waals surface area (Å²) in [5.41, 5.74) is -2.42. The van der Waals surface area contributed by atoms with E-state index in [1.54, 1.807) is 12.1 Å².